The zero-order chi connectivity index (χ0) is 21.4. The van der Waals surface area contributed by atoms with E-state index in [2.05, 4.69) is 20.6 Å². The second kappa shape index (κ2) is 7.49. The van der Waals surface area contributed by atoms with Crippen molar-refractivity contribution in [2.75, 3.05) is 0 Å². The van der Waals surface area contributed by atoms with Crippen molar-refractivity contribution < 1.29 is 0 Å². The smallest absolute Gasteiger partial charge is 0.289 e. The molecule has 2 aromatic heterocycles. The Bertz CT molecular complexity index is 1500. The summed E-state index contributed by atoms with van der Waals surface area (Å²) < 4.78 is 2.77. The Balaban J connectivity index is 1.54. The highest BCUT2D eigenvalue weighted by Gasteiger charge is 2.12. The van der Waals surface area contributed by atoms with E-state index < -0.39 is 0 Å². The van der Waals surface area contributed by atoms with Gasteiger partial charge >= 0.3 is 5.69 Å². The van der Waals surface area contributed by atoms with Gasteiger partial charge in [0.05, 0.1) is 17.4 Å². The molecule has 8 nitrogen and oxygen atoms in total. The fourth-order valence-corrected chi connectivity index (χ4v) is 3.77. The fraction of sp³-hybridized carbons (Fsp3) is 0.0870. The number of aromatic amines is 1. The third-order valence-corrected chi connectivity index (χ3v) is 5.37. The van der Waals surface area contributed by atoms with Crippen molar-refractivity contribution in [1.29, 1.82) is 0 Å². The van der Waals surface area contributed by atoms with Crippen molar-refractivity contribution in [3.8, 4) is 22.5 Å². The van der Waals surface area contributed by atoms with Gasteiger partial charge in [0, 0.05) is 12.6 Å². The van der Waals surface area contributed by atoms with Crippen molar-refractivity contribution in [2.45, 2.75) is 6.54 Å². The predicted octanol–water partition coefficient (Wildman–Crippen LogP) is 2.60. The maximum Gasteiger partial charge on any atom is 0.331 e. The Morgan fingerprint density at radius 2 is 1.58 bits per heavy atom. The first-order valence-corrected chi connectivity index (χ1v) is 9.74. The van der Waals surface area contributed by atoms with Crippen LogP contribution in [0.3, 0.4) is 0 Å². The van der Waals surface area contributed by atoms with Gasteiger partial charge in [-0.3, -0.25) is 13.9 Å². The summed E-state index contributed by atoms with van der Waals surface area (Å²) in [4.78, 5) is 25.2. The molecule has 1 N–H and O–H groups in total. The van der Waals surface area contributed by atoms with Crippen LogP contribution in [0.4, 0.5) is 0 Å². The SMILES string of the molecule is Cn1c(=O)c2ccccc2n(Cc2ccc(-c3ccccc3-c3nn[nH]n3)cc2)c1=O. The van der Waals surface area contributed by atoms with Gasteiger partial charge in [-0.05, 0) is 34.0 Å². The minimum atomic E-state index is -0.338. The lowest BCUT2D eigenvalue weighted by Crippen LogP contribution is -2.38. The van der Waals surface area contributed by atoms with E-state index in [0.717, 1.165) is 26.8 Å². The molecule has 0 aliphatic rings. The molecule has 0 atom stereocenters. The van der Waals surface area contributed by atoms with Crippen molar-refractivity contribution in [1.82, 2.24) is 29.8 Å². The number of para-hydroxylation sites is 1. The summed E-state index contributed by atoms with van der Waals surface area (Å²) in [6, 6.07) is 23.0. The highest BCUT2D eigenvalue weighted by molar-refractivity contribution is 5.80. The summed E-state index contributed by atoms with van der Waals surface area (Å²) in [6.45, 7) is 0.361. The first-order chi connectivity index (χ1) is 15.1. The van der Waals surface area contributed by atoms with E-state index in [9.17, 15) is 9.59 Å². The van der Waals surface area contributed by atoms with Gasteiger partial charge in [-0.2, -0.15) is 5.21 Å². The van der Waals surface area contributed by atoms with Crippen LogP contribution in [0.5, 0.6) is 0 Å². The highest BCUT2D eigenvalue weighted by Crippen LogP contribution is 2.29. The molecule has 0 aliphatic carbocycles. The van der Waals surface area contributed by atoms with E-state index in [1.807, 2.05) is 54.6 Å². The highest BCUT2D eigenvalue weighted by atomic mass is 16.2. The standard InChI is InChI=1S/C23H18N6O2/c1-28-22(30)19-8-4-5-9-20(19)29(23(28)31)14-15-10-12-16(13-11-15)17-6-2-3-7-18(17)21-24-26-27-25-21/h2-13H,14H2,1H3,(H,24,25,26,27). The molecule has 0 aliphatic heterocycles. The van der Waals surface area contributed by atoms with Gasteiger partial charge in [-0.25, -0.2) is 4.79 Å². The van der Waals surface area contributed by atoms with E-state index in [4.69, 9.17) is 0 Å². The van der Waals surface area contributed by atoms with Gasteiger partial charge in [-0.15, -0.1) is 10.2 Å². The summed E-state index contributed by atoms with van der Waals surface area (Å²) in [5, 5.41) is 14.8. The van der Waals surface area contributed by atoms with E-state index in [1.165, 1.54) is 7.05 Å². The molecule has 2 heterocycles. The molecule has 0 bridgehead atoms. The first kappa shape index (κ1) is 18.7. The molecule has 5 aromatic rings. The molecule has 0 fully saturated rings. The van der Waals surface area contributed by atoms with E-state index in [0.29, 0.717) is 23.3 Å². The van der Waals surface area contributed by atoms with Gasteiger partial charge in [0.25, 0.3) is 5.56 Å². The van der Waals surface area contributed by atoms with Gasteiger partial charge in [-0.1, -0.05) is 60.7 Å². The van der Waals surface area contributed by atoms with Crippen LogP contribution in [0.25, 0.3) is 33.4 Å². The number of hydrogen-bond donors (Lipinski definition) is 1. The van der Waals surface area contributed by atoms with Crippen LogP contribution in [0.15, 0.2) is 82.4 Å². The molecule has 0 unspecified atom stereocenters. The Kier molecular flexibility index (Phi) is 4.51. The maximum absolute atomic E-state index is 12.8. The molecule has 0 saturated carbocycles. The van der Waals surface area contributed by atoms with E-state index in [1.54, 1.807) is 22.8 Å². The molecule has 152 valence electrons. The number of hydrogen-bond acceptors (Lipinski definition) is 5. The van der Waals surface area contributed by atoms with Gasteiger partial charge in [0.2, 0.25) is 5.82 Å². The third kappa shape index (κ3) is 3.24. The number of benzene rings is 3. The lowest BCUT2D eigenvalue weighted by atomic mass is 9.98. The molecule has 0 radical (unpaired) electrons. The number of rotatable bonds is 4. The van der Waals surface area contributed by atoms with Crippen molar-refractivity contribution in [3.05, 3.63) is 99.2 Å². The van der Waals surface area contributed by atoms with E-state index >= 15 is 0 Å². The van der Waals surface area contributed by atoms with Gasteiger partial charge in [0.1, 0.15) is 0 Å². The lowest BCUT2D eigenvalue weighted by Gasteiger charge is -2.13. The van der Waals surface area contributed by atoms with Crippen molar-refractivity contribution >= 4 is 10.9 Å². The summed E-state index contributed by atoms with van der Waals surface area (Å²) in [7, 11) is 1.51. The minimum absolute atomic E-state index is 0.287. The molecular weight excluding hydrogens is 392 g/mol. The van der Waals surface area contributed by atoms with Crippen LogP contribution < -0.4 is 11.2 Å². The lowest BCUT2D eigenvalue weighted by molar-refractivity contribution is 0.674. The molecule has 3 aromatic carbocycles. The number of H-pyrrole nitrogens is 1. The second-order valence-corrected chi connectivity index (χ2v) is 7.23. The van der Waals surface area contributed by atoms with Crippen molar-refractivity contribution in [3.63, 3.8) is 0 Å². The van der Waals surface area contributed by atoms with Gasteiger partial charge < -0.3 is 0 Å². The predicted molar refractivity (Wildman–Crippen MR) is 118 cm³/mol. The molecule has 8 heteroatoms. The number of nitrogens with one attached hydrogen (secondary N) is 1. The summed E-state index contributed by atoms with van der Waals surface area (Å²) in [5.74, 6) is 0.530. The van der Waals surface area contributed by atoms with Gasteiger partial charge in [0.15, 0.2) is 0 Å². The Hall–Kier alpha value is -4.33. The quantitative estimate of drug-likeness (QED) is 0.491. The largest absolute Gasteiger partial charge is 0.331 e. The van der Waals surface area contributed by atoms with Crippen LogP contribution >= 0.6 is 0 Å². The summed E-state index contributed by atoms with van der Waals surface area (Å²) in [5.41, 5.74) is 3.82. The molecule has 0 spiro atoms. The number of aromatic nitrogens is 6. The van der Waals surface area contributed by atoms with E-state index in [-0.39, 0.29) is 11.2 Å². The monoisotopic (exact) mass is 410 g/mol. The molecule has 0 saturated heterocycles. The summed E-state index contributed by atoms with van der Waals surface area (Å²) in [6.07, 6.45) is 0. The summed E-state index contributed by atoms with van der Waals surface area (Å²) >= 11 is 0. The average Bonchev–Trinajstić information content (AvgIpc) is 3.36. The maximum atomic E-state index is 12.8. The minimum Gasteiger partial charge on any atom is -0.289 e. The molecule has 31 heavy (non-hydrogen) atoms. The van der Waals surface area contributed by atoms with Crippen molar-refractivity contribution in [2.24, 2.45) is 7.05 Å². The number of tetrazole rings is 1. The number of nitrogens with zero attached hydrogens (tertiary/aromatic N) is 5. The Labute approximate surface area is 176 Å². The van der Waals surface area contributed by atoms with Crippen LogP contribution in [-0.2, 0) is 13.6 Å². The third-order valence-electron chi connectivity index (χ3n) is 5.37. The number of fused-ring (bicyclic) bond motifs is 1. The normalized spacial score (nSPS) is 11.1. The van der Waals surface area contributed by atoms with Crippen LogP contribution in [0, 0.1) is 0 Å². The Morgan fingerprint density at radius 1 is 0.871 bits per heavy atom. The van der Waals surface area contributed by atoms with Crippen LogP contribution in [0.2, 0.25) is 0 Å². The fourth-order valence-electron chi connectivity index (χ4n) is 3.77. The molecule has 0 amide bonds. The Morgan fingerprint density at radius 3 is 2.32 bits per heavy atom. The molecule has 5 rings (SSSR count). The second-order valence-electron chi connectivity index (χ2n) is 7.23. The topological polar surface area (TPSA) is 98.5 Å². The van der Waals surface area contributed by atoms with Crippen LogP contribution in [0.1, 0.15) is 5.56 Å². The van der Waals surface area contributed by atoms with Crippen LogP contribution in [-0.4, -0.2) is 29.8 Å². The average molecular weight is 410 g/mol. The zero-order valence-corrected chi connectivity index (χ0v) is 16.7. The zero-order valence-electron chi connectivity index (χ0n) is 16.7. The molecular formula is C23H18N6O2. The first-order valence-electron chi connectivity index (χ1n) is 9.74.